The first-order chi connectivity index (χ1) is 19.4. The number of aromatic nitrogens is 5. The van der Waals surface area contributed by atoms with Crippen molar-refractivity contribution in [3.05, 3.63) is 71.8 Å². The van der Waals surface area contributed by atoms with Gasteiger partial charge in [-0.25, -0.2) is 15.0 Å². The monoisotopic (exact) mass is 539 g/mol. The van der Waals surface area contributed by atoms with Crippen LogP contribution in [0.4, 0.5) is 17.3 Å². The van der Waals surface area contributed by atoms with Gasteiger partial charge >= 0.3 is 11.8 Å². The third kappa shape index (κ3) is 5.50. The molecule has 40 heavy (non-hydrogen) atoms. The minimum Gasteiger partial charge on any atom is -0.368 e. The molecule has 4 heterocycles. The third-order valence-corrected chi connectivity index (χ3v) is 7.69. The molecule has 6 rings (SSSR count). The predicted molar refractivity (Wildman–Crippen MR) is 152 cm³/mol. The Labute approximate surface area is 232 Å². The molecule has 0 spiro atoms. The van der Waals surface area contributed by atoms with Crippen LogP contribution in [0.5, 0.6) is 0 Å². The molecule has 0 radical (unpaired) electrons. The molecule has 2 fully saturated rings. The van der Waals surface area contributed by atoms with Gasteiger partial charge in [0.15, 0.2) is 5.82 Å². The number of aryl methyl sites for hydroxylation is 1. The first kappa shape index (κ1) is 25.9. The van der Waals surface area contributed by atoms with Crippen molar-refractivity contribution in [3.63, 3.8) is 0 Å². The van der Waals surface area contributed by atoms with Crippen molar-refractivity contribution in [2.75, 3.05) is 36.4 Å². The normalized spacial score (nSPS) is 16.8. The smallest absolute Gasteiger partial charge is 0.315 e. The van der Waals surface area contributed by atoms with Crippen molar-refractivity contribution in [3.8, 4) is 11.3 Å². The van der Waals surface area contributed by atoms with Crippen LogP contribution in [0.25, 0.3) is 11.3 Å². The van der Waals surface area contributed by atoms with E-state index in [4.69, 9.17) is 4.52 Å². The van der Waals surface area contributed by atoms with Crippen molar-refractivity contribution in [1.82, 2.24) is 35.7 Å². The van der Waals surface area contributed by atoms with E-state index < -0.39 is 0 Å². The molecular formula is C29H33N9O2. The molecule has 1 saturated heterocycles. The van der Waals surface area contributed by atoms with Crippen LogP contribution in [0.1, 0.15) is 60.4 Å². The van der Waals surface area contributed by atoms with E-state index in [0.717, 1.165) is 72.9 Å². The van der Waals surface area contributed by atoms with Gasteiger partial charge in [-0.15, -0.1) is 0 Å². The van der Waals surface area contributed by atoms with Crippen LogP contribution in [0.3, 0.4) is 0 Å². The maximum absolute atomic E-state index is 12.7. The van der Waals surface area contributed by atoms with E-state index in [0.29, 0.717) is 11.6 Å². The SMILES string of the molecule is Cc1cc(-c2cc(Nc3ccc(N4CCNCC4)cn3)ncn2)ccc1C(C)NC(=O)c1nc(C2(C)CC2)no1. The lowest BCUT2D eigenvalue weighted by molar-refractivity contribution is 0.0895. The number of hydrogen-bond donors (Lipinski definition) is 3. The molecule has 1 unspecified atom stereocenters. The summed E-state index contributed by atoms with van der Waals surface area (Å²) in [4.78, 5) is 32.8. The maximum atomic E-state index is 12.7. The van der Waals surface area contributed by atoms with Gasteiger partial charge < -0.3 is 25.4 Å². The minimum absolute atomic E-state index is 0.00168. The first-order valence-electron chi connectivity index (χ1n) is 13.6. The summed E-state index contributed by atoms with van der Waals surface area (Å²) in [5.74, 6) is 1.61. The zero-order chi connectivity index (χ0) is 27.7. The van der Waals surface area contributed by atoms with Crippen LogP contribution in [0.15, 0.2) is 53.4 Å². The summed E-state index contributed by atoms with van der Waals surface area (Å²) in [5.41, 5.74) is 4.82. The van der Waals surface area contributed by atoms with Crippen LogP contribution < -0.4 is 20.9 Å². The summed E-state index contributed by atoms with van der Waals surface area (Å²) < 4.78 is 5.22. The van der Waals surface area contributed by atoms with Crippen molar-refractivity contribution in [2.45, 2.75) is 45.1 Å². The second kappa shape index (κ2) is 10.6. The van der Waals surface area contributed by atoms with E-state index in [1.807, 2.05) is 44.3 Å². The highest BCUT2D eigenvalue weighted by Crippen LogP contribution is 2.45. The van der Waals surface area contributed by atoms with Crippen LogP contribution in [0.2, 0.25) is 0 Å². The van der Waals surface area contributed by atoms with Crippen LogP contribution >= 0.6 is 0 Å². The van der Waals surface area contributed by atoms with Gasteiger partial charge in [-0.3, -0.25) is 4.79 Å². The van der Waals surface area contributed by atoms with Crippen LogP contribution in [-0.4, -0.2) is 57.2 Å². The van der Waals surface area contributed by atoms with Crippen molar-refractivity contribution >= 4 is 23.2 Å². The summed E-state index contributed by atoms with van der Waals surface area (Å²) >= 11 is 0. The summed E-state index contributed by atoms with van der Waals surface area (Å²) in [6.45, 7) is 9.96. The summed E-state index contributed by atoms with van der Waals surface area (Å²) in [6.07, 6.45) is 5.46. The Morgan fingerprint density at radius 2 is 1.90 bits per heavy atom. The largest absolute Gasteiger partial charge is 0.368 e. The van der Waals surface area contributed by atoms with Gasteiger partial charge in [-0.2, -0.15) is 4.98 Å². The summed E-state index contributed by atoms with van der Waals surface area (Å²) in [5, 5.41) is 13.6. The van der Waals surface area contributed by atoms with E-state index in [-0.39, 0.29) is 23.3 Å². The zero-order valence-corrected chi connectivity index (χ0v) is 22.9. The van der Waals surface area contributed by atoms with Gasteiger partial charge in [0.05, 0.1) is 23.6 Å². The number of nitrogens with one attached hydrogen (secondary N) is 3. The highest BCUT2D eigenvalue weighted by atomic mass is 16.5. The molecule has 1 aliphatic heterocycles. The number of benzene rings is 1. The van der Waals surface area contributed by atoms with E-state index in [1.54, 1.807) is 6.33 Å². The van der Waals surface area contributed by atoms with Gasteiger partial charge in [0, 0.05) is 43.2 Å². The predicted octanol–water partition coefficient (Wildman–Crippen LogP) is 3.93. The fourth-order valence-electron chi connectivity index (χ4n) is 4.91. The minimum atomic E-state index is -0.375. The van der Waals surface area contributed by atoms with Gasteiger partial charge in [0.1, 0.15) is 18.0 Å². The fraction of sp³-hybridized carbons (Fsp3) is 0.379. The number of pyridine rings is 1. The molecule has 1 saturated carbocycles. The lowest BCUT2D eigenvalue weighted by Crippen LogP contribution is -2.43. The van der Waals surface area contributed by atoms with Gasteiger partial charge in [-0.1, -0.05) is 24.2 Å². The number of hydrogen-bond acceptors (Lipinski definition) is 10. The summed E-state index contributed by atoms with van der Waals surface area (Å²) in [6, 6.07) is 11.8. The molecule has 11 heteroatoms. The van der Waals surface area contributed by atoms with E-state index in [1.165, 1.54) is 0 Å². The molecule has 1 aliphatic carbocycles. The molecule has 1 atom stereocenters. The molecule has 2 aliphatic rings. The zero-order valence-electron chi connectivity index (χ0n) is 22.9. The highest BCUT2D eigenvalue weighted by Gasteiger charge is 2.44. The Kier molecular flexibility index (Phi) is 6.89. The lowest BCUT2D eigenvalue weighted by Gasteiger charge is -2.29. The number of anilines is 3. The maximum Gasteiger partial charge on any atom is 0.315 e. The fourth-order valence-corrected chi connectivity index (χ4v) is 4.91. The Morgan fingerprint density at radius 1 is 1.07 bits per heavy atom. The number of nitrogens with zero attached hydrogens (tertiary/aromatic N) is 6. The van der Waals surface area contributed by atoms with E-state index in [2.05, 4.69) is 65.0 Å². The van der Waals surface area contributed by atoms with Gasteiger partial charge in [0.25, 0.3) is 0 Å². The average Bonchev–Trinajstić information content (AvgIpc) is 3.51. The first-order valence-corrected chi connectivity index (χ1v) is 13.6. The Bertz CT molecular complexity index is 1510. The second-order valence-electron chi connectivity index (χ2n) is 10.8. The topological polar surface area (TPSA) is 134 Å². The summed E-state index contributed by atoms with van der Waals surface area (Å²) in [7, 11) is 0. The third-order valence-electron chi connectivity index (χ3n) is 7.69. The number of carbonyl (C=O) groups excluding carboxylic acids is 1. The van der Waals surface area contributed by atoms with Gasteiger partial charge in [0.2, 0.25) is 0 Å². The Morgan fingerprint density at radius 3 is 2.62 bits per heavy atom. The number of piperazine rings is 1. The van der Waals surface area contributed by atoms with Crippen molar-refractivity contribution < 1.29 is 9.32 Å². The Hall–Kier alpha value is -4.38. The molecule has 3 aromatic heterocycles. The Balaban J connectivity index is 1.11. The molecule has 1 amide bonds. The molecule has 206 valence electrons. The van der Waals surface area contributed by atoms with E-state index >= 15 is 0 Å². The molecule has 1 aromatic carbocycles. The standard InChI is InChI=1S/C29H33N9O2/c1-18-14-20(4-6-22(18)19(2)34-26(39)27-36-28(37-40-27)29(3)8-9-29)23-15-25(33-17-32-23)35-24-7-5-21(16-31-24)38-12-10-30-11-13-38/h4-7,14-17,19,30H,8-13H2,1-3H3,(H,34,39)(H,31,32,33,35). The van der Waals surface area contributed by atoms with E-state index in [9.17, 15) is 4.79 Å². The van der Waals surface area contributed by atoms with Crippen molar-refractivity contribution in [2.24, 2.45) is 0 Å². The van der Waals surface area contributed by atoms with Crippen molar-refractivity contribution in [1.29, 1.82) is 0 Å². The molecule has 3 N–H and O–H groups in total. The molecule has 4 aromatic rings. The van der Waals surface area contributed by atoms with Crippen LogP contribution in [0, 0.1) is 6.92 Å². The molecular weight excluding hydrogens is 506 g/mol. The molecule has 0 bridgehead atoms. The number of amides is 1. The highest BCUT2D eigenvalue weighted by molar-refractivity contribution is 5.89. The van der Waals surface area contributed by atoms with Crippen LogP contribution in [-0.2, 0) is 5.41 Å². The number of carbonyl (C=O) groups is 1. The lowest BCUT2D eigenvalue weighted by atomic mass is 9.98. The van der Waals surface area contributed by atoms with Gasteiger partial charge in [-0.05, 0) is 56.0 Å². The second-order valence-corrected chi connectivity index (χ2v) is 10.8. The average molecular weight is 540 g/mol. The number of rotatable bonds is 8. The molecule has 11 nitrogen and oxygen atoms in total. The quantitative estimate of drug-likeness (QED) is 0.302.